The van der Waals surface area contributed by atoms with E-state index in [9.17, 15) is 0 Å². The van der Waals surface area contributed by atoms with Crippen LogP contribution in [-0.2, 0) is 4.52 Å². The molecule has 0 amide bonds. The highest BCUT2D eigenvalue weighted by Crippen LogP contribution is 2.21. The highest BCUT2D eigenvalue weighted by atomic mass is 35.5. The van der Waals surface area contributed by atoms with Crippen molar-refractivity contribution in [3.63, 3.8) is 0 Å². The van der Waals surface area contributed by atoms with Crippen LogP contribution in [-0.4, -0.2) is 6.61 Å². The molecule has 0 saturated carbocycles. The van der Waals surface area contributed by atoms with Crippen molar-refractivity contribution in [2.75, 3.05) is 6.61 Å². The predicted octanol–water partition coefficient (Wildman–Crippen LogP) is 4.06. The highest BCUT2D eigenvalue weighted by Gasteiger charge is 1.95. The molecule has 0 bridgehead atoms. The minimum Gasteiger partial charge on any atom is -0.450 e. The summed E-state index contributed by atoms with van der Waals surface area (Å²) < 4.78 is 10.7. The van der Waals surface area contributed by atoms with Gasteiger partial charge in [-0.15, -0.1) is 12.4 Å². The first-order valence-corrected chi connectivity index (χ1v) is 5.69. The van der Waals surface area contributed by atoms with Gasteiger partial charge in [-0.3, -0.25) is 0 Å². The van der Waals surface area contributed by atoms with Gasteiger partial charge in [0.25, 0.3) is 0 Å². The van der Waals surface area contributed by atoms with Crippen LogP contribution in [0, 0.1) is 5.92 Å². The summed E-state index contributed by atoms with van der Waals surface area (Å²) in [6.07, 6.45) is 1.09. The second-order valence-electron chi connectivity index (χ2n) is 3.53. The van der Waals surface area contributed by atoms with Gasteiger partial charge in [-0.2, -0.15) is 0 Å². The molecule has 86 valence electrons. The highest BCUT2D eigenvalue weighted by molar-refractivity contribution is 7.26. The molecule has 0 fully saturated rings. The van der Waals surface area contributed by atoms with Crippen molar-refractivity contribution in [2.45, 2.75) is 20.3 Å². The molecule has 4 heteroatoms. The van der Waals surface area contributed by atoms with Crippen LogP contribution >= 0.6 is 21.4 Å². The first-order chi connectivity index (χ1) is 6.79. The monoisotopic (exact) mass is 248 g/mol. The van der Waals surface area contributed by atoms with E-state index < -0.39 is 0 Å². The molecule has 1 aromatic carbocycles. The molecule has 0 saturated heterocycles. The fourth-order valence-electron chi connectivity index (χ4n) is 0.902. The Morgan fingerprint density at radius 2 is 1.87 bits per heavy atom. The van der Waals surface area contributed by atoms with E-state index in [1.807, 2.05) is 30.3 Å². The molecule has 1 unspecified atom stereocenters. The topological polar surface area (TPSA) is 18.5 Å². The number of benzene rings is 1. The lowest BCUT2D eigenvalue weighted by molar-refractivity contribution is 0.301. The number of hydrogen-bond acceptors (Lipinski definition) is 2. The molecular formula is C11H18ClO2P. The lowest BCUT2D eigenvalue weighted by atomic mass is 10.2. The van der Waals surface area contributed by atoms with E-state index >= 15 is 0 Å². The van der Waals surface area contributed by atoms with Crippen LogP contribution in [0.5, 0.6) is 5.75 Å². The maximum atomic E-state index is 5.39. The van der Waals surface area contributed by atoms with Gasteiger partial charge < -0.3 is 9.05 Å². The molecule has 0 aliphatic rings. The summed E-state index contributed by atoms with van der Waals surface area (Å²) in [5, 5.41) is 0. The fourth-order valence-corrected chi connectivity index (χ4v) is 1.39. The number of rotatable bonds is 6. The summed E-state index contributed by atoms with van der Waals surface area (Å²) in [7, 11) is 0.109. The molecule has 0 N–H and O–H groups in total. The summed E-state index contributed by atoms with van der Waals surface area (Å²) in [6, 6.07) is 9.73. The second kappa shape index (κ2) is 8.96. The largest absolute Gasteiger partial charge is 0.450 e. The van der Waals surface area contributed by atoms with Crippen molar-refractivity contribution < 1.29 is 9.05 Å². The summed E-state index contributed by atoms with van der Waals surface area (Å²) >= 11 is 0. The normalized spacial score (nSPS) is 10.6. The zero-order valence-electron chi connectivity index (χ0n) is 9.10. The van der Waals surface area contributed by atoms with Gasteiger partial charge in [0, 0.05) is 0 Å². The van der Waals surface area contributed by atoms with Crippen molar-refractivity contribution in [1.29, 1.82) is 0 Å². The summed E-state index contributed by atoms with van der Waals surface area (Å²) in [5.41, 5.74) is 0. The fraction of sp³-hybridized carbons (Fsp3) is 0.455. The average molecular weight is 249 g/mol. The molecule has 15 heavy (non-hydrogen) atoms. The Morgan fingerprint density at radius 1 is 1.20 bits per heavy atom. The second-order valence-corrected chi connectivity index (χ2v) is 4.19. The molecule has 0 aliphatic heterocycles. The predicted molar refractivity (Wildman–Crippen MR) is 68.0 cm³/mol. The van der Waals surface area contributed by atoms with Gasteiger partial charge in [-0.05, 0) is 24.5 Å². The standard InChI is InChI=1S/C11H17O2P.ClH/c1-10(2)8-9-12-14-13-11-6-4-3-5-7-11;/h3-7,10,14H,8-9H2,1-2H3;1H. The van der Waals surface area contributed by atoms with E-state index in [0.29, 0.717) is 5.92 Å². The van der Waals surface area contributed by atoms with Gasteiger partial charge in [-0.25, -0.2) is 0 Å². The van der Waals surface area contributed by atoms with Gasteiger partial charge in [0.1, 0.15) is 5.75 Å². The lowest BCUT2D eigenvalue weighted by Gasteiger charge is -2.06. The maximum absolute atomic E-state index is 5.39. The first kappa shape index (κ1) is 14.7. The Labute approximate surface area is 99.7 Å². The van der Waals surface area contributed by atoms with Crippen LogP contribution in [0.4, 0.5) is 0 Å². The maximum Gasteiger partial charge on any atom is 0.215 e. The summed E-state index contributed by atoms with van der Waals surface area (Å²) in [4.78, 5) is 0. The quantitative estimate of drug-likeness (QED) is 0.558. The van der Waals surface area contributed by atoms with Crippen LogP contribution in [0.1, 0.15) is 20.3 Å². The number of hydrogen-bond donors (Lipinski definition) is 0. The molecule has 0 spiro atoms. The van der Waals surface area contributed by atoms with Crippen molar-refractivity contribution in [2.24, 2.45) is 5.92 Å². The van der Waals surface area contributed by atoms with E-state index in [0.717, 1.165) is 18.8 Å². The van der Waals surface area contributed by atoms with E-state index in [1.54, 1.807) is 0 Å². The molecule has 0 aliphatic carbocycles. The molecule has 0 aromatic heterocycles. The van der Waals surface area contributed by atoms with E-state index in [4.69, 9.17) is 9.05 Å². The Morgan fingerprint density at radius 3 is 2.47 bits per heavy atom. The summed E-state index contributed by atoms with van der Waals surface area (Å²) in [5.74, 6) is 1.56. The van der Waals surface area contributed by atoms with Gasteiger partial charge in [-0.1, -0.05) is 32.0 Å². The zero-order chi connectivity index (χ0) is 10.2. The van der Waals surface area contributed by atoms with Crippen molar-refractivity contribution >= 4 is 21.4 Å². The third kappa shape index (κ3) is 7.61. The van der Waals surface area contributed by atoms with Crippen LogP contribution in [0.25, 0.3) is 0 Å². The van der Waals surface area contributed by atoms with E-state index in [2.05, 4.69) is 13.8 Å². The smallest absolute Gasteiger partial charge is 0.215 e. The number of halogens is 1. The summed E-state index contributed by atoms with van der Waals surface area (Å²) in [6.45, 7) is 5.15. The van der Waals surface area contributed by atoms with Crippen LogP contribution in [0.3, 0.4) is 0 Å². The van der Waals surface area contributed by atoms with Gasteiger partial charge >= 0.3 is 0 Å². The zero-order valence-corrected chi connectivity index (χ0v) is 10.9. The lowest BCUT2D eigenvalue weighted by Crippen LogP contribution is -1.93. The molecular weight excluding hydrogens is 231 g/mol. The third-order valence-electron chi connectivity index (χ3n) is 1.76. The number of para-hydroxylation sites is 1. The van der Waals surface area contributed by atoms with Crippen molar-refractivity contribution in [1.82, 2.24) is 0 Å². The molecule has 0 heterocycles. The molecule has 2 nitrogen and oxygen atoms in total. The SMILES string of the molecule is CC(C)CCOPOc1ccccc1.Cl. The Hall–Kier alpha value is -0.300. The molecule has 1 rings (SSSR count). The Balaban J connectivity index is 0.00000196. The molecule has 1 atom stereocenters. The van der Waals surface area contributed by atoms with E-state index in [-0.39, 0.29) is 21.4 Å². The molecule has 0 radical (unpaired) electrons. The average Bonchev–Trinajstić information content (AvgIpc) is 2.18. The van der Waals surface area contributed by atoms with Crippen LogP contribution in [0.2, 0.25) is 0 Å². The third-order valence-corrected chi connectivity index (χ3v) is 2.40. The minimum atomic E-state index is 0. The Kier molecular flexibility index (Phi) is 8.79. The van der Waals surface area contributed by atoms with E-state index in [1.165, 1.54) is 0 Å². The van der Waals surface area contributed by atoms with Gasteiger partial charge in [0.05, 0.1) is 6.61 Å². The van der Waals surface area contributed by atoms with Crippen LogP contribution in [0.15, 0.2) is 30.3 Å². The van der Waals surface area contributed by atoms with Gasteiger partial charge in [0.2, 0.25) is 9.03 Å². The van der Waals surface area contributed by atoms with Crippen molar-refractivity contribution in [3.05, 3.63) is 30.3 Å². The first-order valence-electron chi connectivity index (χ1n) is 4.87. The van der Waals surface area contributed by atoms with Crippen molar-refractivity contribution in [3.8, 4) is 5.75 Å². The van der Waals surface area contributed by atoms with Crippen LogP contribution < -0.4 is 4.52 Å². The minimum absolute atomic E-state index is 0. The van der Waals surface area contributed by atoms with Gasteiger partial charge in [0.15, 0.2) is 0 Å². The Bertz CT molecular complexity index is 242. The molecule has 1 aromatic rings.